The average molecular weight is 364 g/mol. The van der Waals surface area contributed by atoms with Gasteiger partial charge in [-0.2, -0.15) is 0 Å². The monoisotopic (exact) mass is 363 g/mol. The van der Waals surface area contributed by atoms with Crippen molar-refractivity contribution in [3.05, 3.63) is 45.9 Å². The number of pyridine rings is 1. The summed E-state index contributed by atoms with van der Waals surface area (Å²) >= 11 is 5.73. The highest BCUT2D eigenvalue weighted by Gasteiger charge is 2.24. The van der Waals surface area contributed by atoms with E-state index in [1.807, 2.05) is 0 Å². The topological polar surface area (TPSA) is 101 Å². The predicted molar refractivity (Wildman–Crippen MR) is 93.0 cm³/mol. The Balaban J connectivity index is 2.07. The van der Waals surface area contributed by atoms with Crippen LogP contribution in [-0.2, 0) is 9.53 Å². The van der Waals surface area contributed by atoms with Crippen molar-refractivity contribution in [3.63, 3.8) is 0 Å². The smallest absolute Gasteiger partial charge is 0.355 e. The van der Waals surface area contributed by atoms with Crippen molar-refractivity contribution >= 4 is 35.1 Å². The summed E-state index contributed by atoms with van der Waals surface area (Å²) in [6, 6.07) is 3.11. The molecule has 2 N–H and O–H groups in total. The second-order valence-corrected chi connectivity index (χ2v) is 6.02. The number of nitrogens with zero attached hydrogens (tertiary/aromatic N) is 1. The summed E-state index contributed by atoms with van der Waals surface area (Å²) in [5.41, 5.74) is 1.70. The molecule has 7 nitrogen and oxygen atoms in total. The van der Waals surface area contributed by atoms with Crippen molar-refractivity contribution in [2.24, 2.45) is 0 Å². The van der Waals surface area contributed by atoms with Gasteiger partial charge in [-0.05, 0) is 45.4 Å². The first-order valence-electron chi connectivity index (χ1n) is 7.54. The highest BCUT2D eigenvalue weighted by atomic mass is 35.5. The summed E-state index contributed by atoms with van der Waals surface area (Å²) in [5.74, 6) is -1.09. The molecule has 0 spiro atoms. The molecule has 0 aliphatic heterocycles. The van der Waals surface area contributed by atoms with Gasteiger partial charge < -0.3 is 15.0 Å². The Labute approximate surface area is 149 Å². The number of rotatable bonds is 5. The number of ketones is 1. The van der Waals surface area contributed by atoms with Crippen LogP contribution in [0.4, 0.5) is 5.82 Å². The van der Waals surface area contributed by atoms with Gasteiger partial charge in [0.1, 0.15) is 11.5 Å². The van der Waals surface area contributed by atoms with Gasteiger partial charge in [0.2, 0.25) is 0 Å². The Bertz CT molecular complexity index is 827. The Morgan fingerprint density at radius 2 is 1.96 bits per heavy atom. The number of H-pyrrole nitrogens is 1. The standard InChI is InChI=1S/C17H18ClN3O4/c1-8-14(10(3)22)9(2)20-15(8)17(24)25-11(4)16(23)21-13-6-5-12(18)7-19-13/h5-7,11,20H,1-4H3,(H,19,21,23). The van der Waals surface area contributed by atoms with Gasteiger partial charge in [0.25, 0.3) is 5.91 Å². The number of halogens is 1. The lowest BCUT2D eigenvalue weighted by Crippen LogP contribution is -2.30. The summed E-state index contributed by atoms with van der Waals surface area (Å²) in [6.07, 6.45) is 0.344. The van der Waals surface area contributed by atoms with E-state index < -0.39 is 18.0 Å². The van der Waals surface area contributed by atoms with E-state index in [4.69, 9.17) is 16.3 Å². The molecule has 2 aromatic rings. The minimum atomic E-state index is -1.05. The van der Waals surface area contributed by atoms with E-state index in [0.717, 1.165) is 0 Å². The minimum Gasteiger partial charge on any atom is -0.448 e. The van der Waals surface area contributed by atoms with Gasteiger partial charge >= 0.3 is 5.97 Å². The fourth-order valence-electron chi connectivity index (χ4n) is 2.43. The molecule has 0 saturated carbocycles. The van der Waals surface area contributed by atoms with Crippen LogP contribution >= 0.6 is 11.6 Å². The van der Waals surface area contributed by atoms with Crippen LogP contribution in [0.25, 0.3) is 0 Å². The summed E-state index contributed by atoms with van der Waals surface area (Å²) < 4.78 is 5.18. The molecule has 0 bridgehead atoms. The molecule has 0 aromatic carbocycles. The van der Waals surface area contributed by atoms with Crippen molar-refractivity contribution in [2.45, 2.75) is 33.8 Å². The molecule has 0 fully saturated rings. The number of anilines is 1. The van der Waals surface area contributed by atoms with Gasteiger partial charge in [0.05, 0.1) is 5.02 Å². The lowest BCUT2D eigenvalue weighted by atomic mass is 10.1. The molecule has 2 aromatic heterocycles. The predicted octanol–water partition coefficient (Wildman–Crippen LogP) is 3.07. The first kappa shape index (κ1) is 18.7. The Hall–Kier alpha value is -2.67. The molecule has 132 valence electrons. The fraction of sp³-hybridized carbons (Fsp3) is 0.294. The maximum absolute atomic E-state index is 12.3. The zero-order valence-electron chi connectivity index (χ0n) is 14.3. The molecule has 1 atom stereocenters. The summed E-state index contributed by atoms with van der Waals surface area (Å²) in [4.78, 5) is 42.8. The molecule has 0 aliphatic carbocycles. The Morgan fingerprint density at radius 3 is 2.48 bits per heavy atom. The van der Waals surface area contributed by atoms with Crippen LogP contribution in [0.2, 0.25) is 5.02 Å². The molecular formula is C17H18ClN3O4. The third kappa shape index (κ3) is 4.24. The molecule has 1 amide bonds. The lowest BCUT2D eigenvalue weighted by molar-refractivity contribution is -0.123. The molecule has 0 saturated heterocycles. The number of amides is 1. The third-order valence-electron chi connectivity index (χ3n) is 3.63. The minimum absolute atomic E-state index is 0.148. The first-order chi connectivity index (χ1) is 11.7. The number of esters is 1. The second kappa shape index (κ2) is 7.48. The number of carbonyl (C=O) groups excluding carboxylic acids is 3. The van der Waals surface area contributed by atoms with Crippen LogP contribution in [0.5, 0.6) is 0 Å². The largest absolute Gasteiger partial charge is 0.448 e. The average Bonchev–Trinajstić information content (AvgIpc) is 2.84. The van der Waals surface area contributed by atoms with Crippen molar-refractivity contribution in [3.8, 4) is 0 Å². The van der Waals surface area contributed by atoms with Crippen LogP contribution in [-0.4, -0.2) is 33.7 Å². The number of carbonyl (C=O) groups is 3. The Morgan fingerprint density at radius 1 is 1.28 bits per heavy atom. The normalized spacial score (nSPS) is 11.7. The van der Waals surface area contributed by atoms with E-state index in [9.17, 15) is 14.4 Å². The molecule has 1 unspecified atom stereocenters. The van der Waals surface area contributed by atoms with Gasteiger partial charge in [-0.15, -0.1) is 0 Å². The van der Waals surface area contributed by atoms with Crippen LogP contribution in [0.15, 0.2) is 18.3 Å². The van der Waals surface area contributed by atoms with Crippen molar-refractivity contribution in [1.29, 1.82) is 0 Å². The second-order valence-electron chi connectivity index (χ2n) is 5.58. The number of aromatic amines is 1. The SMILES string of the molecule is CC(=O)c1c(C)[nH]c(C(=O)OC(C)C(=O)Nc2ccc(Cl)cn2)c1C. The maximum Gasteiger partial charge on any atom is 0.355 e. The summed E-state index contributed by atoms with van der Waals surface area (Å²) in [5, 5.41) is 2.97. The van der Waals surface area contributed by atoms with E-state index in [-0.39, 0.29) is 11.5 Å². The highest BCUT2D eigenvalue weighted by Crippen LogP contribution is 2.20. The van der Waals surface area contributed by atoms with Gasteiger partial charge in [-0.3, -0.25) is 9.59 Å². The van der Waals surface area contributed by atoms with Gasteiger partial charge in [-0.1, -0.05) is 11.6 Å². The number of nitrogens with one attached hydrogen (secondary N) is 2. The molecular weight excluding hydrogens is 346 g/mol. The van der Waals surface area contributed by atoms with Gasteiger partial charge in [-0.25, -0.2) is 9.78 Å². The number of Topliss-reactive ketones (excluding diaryl/α,β-unsaturated/α-hetero) is 1. The van der Waals surface area contributed by atoms with Crippen molar-refractivity contribution < 1.29 is 19.1 Å². The third-order valence-corrected chi connectivity index (χ3v) is 3.85. The van der Waals surface area contributed by atoms with E-state index in [2.05, 4.69) is 15.3 Å². The zero-order chi connectivity index (χ0) is 18.7. The van der Waals surface area contributed by atoms with Crippen molar-refractivity contribution in [2.75, 3.05) is 5.32 Å². The number of hydrogen-bond acceptors (Lipinski definition) is 5. The molecule has 25 heavy (non-hydrogen) atoms. The molecule has 0 aliphatic rings. The summed E-state index contributed by atoms with van der Waals surface area (Å²) in [7, 11) is 0. The maximum atomic E-state index is 12.3. The number of ether oxygens (including phenoxy) is 1. The van der Waals surface area contributed by atoms with E-state index in [1.165, 1.54) is 26.1 Å². The molecule has 2 heterocycles. The highest BCUT2D eigenvalue weighted by molar-refractivity contribution is 6.30. The van der Waals surface area contributed by atoms with Gasteiger partial charge in [0, 0.05) is 17.5 Å². The fourth-order valence-corrected chi connectivity index (χ4v) is 2.54. The van der Waals surface area contributed by atoms with Crippen LogP contribution in [0.3, 0.4) is 0 Å². The van der Waals surface area contributed by atoms with Crippen molar-refractivity contribution in [1.82, 2.24) is 9.97 Å². The molecule has 0 radical (unpaired) electrons. The number of aromatic nitrogens is 2. The summed E-state index contributed by atoms with van der Waals surface area (Å²) in [6.45, 7) is 6.22. The molecule has 8 heteroatoms. The van der Waals surface area contributed by atoms with E-state index >= 15 is 0 Å². The van der Waals surface area contributed by atoms with E-state index in [1.54, 1.807) is 19.9 Å². The molecule has 2 rings (SSSR count). The van der Waals surface area contributed by atoms with Gasteiger partial charge in [0.15, 0.2) is 11.9 Å². The van der Waals surface area contributed by atoms with E-state index in [0.29, 0.717) is 27.7 Å². The van der Waals surface area contributed by atoms with Crippen LogP contribution in [0.1, 0.15) is 46.0 Å². The van der Waals surface area contributed by atoms with Crippen LogP contribution < -0.4 is 5.32 Å². The first-order valence-corrected chi connectivity index (χ1v) is 7.92. The van der Waals surface area contributed by atoms with Crippen LogP contribution in [0, 0.1) is 13.8 Å². The number of hydrogen-bond donors (Lipinski definition) is 2. The lowest BCUT2D eigenvalue weighted by Gasteiger charge is -2.13. The quantitative estimate of drug-likeness (QED) is 0.628. The Kier molecular flexibility index (Phi) is 5.58. The zero-order valence-corrected chi connectivity index (χ0v) is 15.0. The number of aryl methyl sites for hydroxylation is 1.